The van der Waals surface area contributed by atoms with E-state index >= 15 is 0 Å². The Bertz CT molecular complexity index is 454. The second-order valence-corrected chi connectivity index (χ2v) is 3.27. The second kappa shape index (κ2) is 5.81. The SMILES string of the molecule is C=C/C=N\c1c(C)ccc(C=C)c1/N=C\C. The van der Waals surface area contributed by atoms with E-state index in [1.165, 1.54) is 0 Å². The predicted octanol–water partition coefficient (Wildman–Crippen LogP) is 4.25. The van der Waals surface area contributed by atoms with Crippen LogP contribution in [0, 0.1) is 6.92 Å². The molecule has 0 bridgehead atoms. The molecular formula is C14H16N2. The molecule has 0 saturated heterocycles. The zero-order valence-electron chi connectivity index (χ0n) is 9.77. The summed E-state index contributed by atoms with van der Waals surface area (Å²) in [6.07, 6.45) is 6.87. The van der Waals surface area contributed by atoms with Gasteiger partial charge in [-0.3, -0.25) is 9.98 Å². The van der Waals surface area contributed by atoms with E-state index in [0.717, 1.165) is 22.5 Å². The Labute approximate surface area is 96.8 Å². The van der Waals surface area contributed by atoms with Crippen LogP contribution in [-0.4, -0.2) is 12.4 Å². The topological polar surface area (TPSA) is 24.7 Å². The summed E-state index contributed by atoms with van der Waals surface area (Å²) in [4.78, 5) is 8.69. The molecule has 0 saturated carbocycles. The van der Waals surface area contributed by atoms with Crippen LogP contribution >= 0.6 is 0 Å². The number of hydrogen-bond donors (Lipinski definition) is 0. The Balaban J connectivity index is 3.46. The van der Waals surface area contributed by atoms with Gasteiger partial charge in [-0.2, -0.15) is 0 Å². The minimum atomic E-state index is 0.857. The molecule has 0 radical (unpaired) electrons. The highest BCUT2D eigenvalue weighted by atomic mass is 14.8. The van der Waals surface area contributed by atoms with Crippen LogP contribution in [-0.2, 0) is 0 Å². The fourth-order valence-corrected chi connectivity index (χ4v) is 1.42. The average molecular weight is 212 g/mol. The van der Waals surface area contributed by atoms with Gasteiger partial charge in [-0.25, -0.2) is 0 Å². The number of benzene rings is 1. The van der Waals surface area contributed by atoms with Crippen molar-refractivity contribution < 1.29 is 0 Å². The lowest BCUT2D eigenvalue weighted by Crippen LogP contribution is -1.82. The van der Waals surface area contributed by atoms with E-state index in [1.54, 1.807) is 24.6 Å². The summed E-state index contributed by atoms with van der Waals surface area (Å²) in [5.41, 5.74) is 3.80. The summed E-state index contributed by atoms with van der Waals surface area (Å²) in [5.74, 6) is 0. The average Bonchev–Trinajstić information content (AvgIpc) is 2.29. The fourth-order valence-electron chi connectivity index (χ4n) is 1.42. The maximum atomic E-state index is 4.35. The first kappa shape index (κ1) is 12.1. The Morgan fingerprint density at radius 3 is 2.44 bits per heavy atom. The molecule has 0 atom stereocenters. The zero-order valence-corrected chi connectivity index (χ0v) is 9.77. The molecule has 1 aromatic carbocycles. The van der Waals surface area contributed by atoms with Gasteiger partial charge >= 0.3 is 0 Å². The number of hydrogen-bond acceptors (Lipinski definition) is 2. The zero-order chi connectivity index (χ0) is 12.0. The Kier molecular flexibility index (Phi) is 4.40. The number of aliphatic imine (C=N–C) groups is 2. The molecule has 0 spiro atoms. The Morgan fingerprint density at radius 2 is 1.88 bits per heavy atom. The molecule has 2 nitrogen and oxygen atoms in total. The molecule has 0 aliphatic heterocycles. The van der Waals surface area contributed by atoms with Gasteiger partial charge in [0.2, 0.25) is 0 Å². The quantitative estimate of drug-likeness (QED) is 0.667. The molecule has 0 unspecified atom stereocenters. The molecule has 0 aromatic heterocycles. The van der Waals surface area contributed by atoms with Gasteiger partial charge in [0.05, 0.1) is 11.4 Å². The van der Waals surface area contributed by atoms with Crippen molar-refractivity contribution in [2.45, 2.75) is 13.8 Å². The third kappa shape index (κ3) is 2.54. The van der Waals surface area contributed by atoms with Crippen molar-refractivity contribution in [3.63, 3.8) is 0 Å². The highest BCUT2D eigenvalue weighted by molar-refractivity contribution is 5.84. The van der Waals surface area contributed by atoms with E-state index in [1.807, 2.05) is 26.0 Å². The van der Waals surface area contributed by atoms with Gasteiger partial charge in [-0.05, 0) is 19.4 Å². The van der Waals surface area contributed by atoms with Crippen LogP contribution < -0.4 is 0 Å². The van der Waals surface area contributed by atoms with Gasteiger partial charge in [0.15, 0.2) is 0 Å². The molecule has 16 heavy (non-hydrogen) atoms. The van der Waals surface area contributed by atoms with Crippen LogP contribution in [0.4, 0.5) is 11.4 Å². The van der Waals surface area contributed by atoms with Gasteiger partial charge in [0.1, 0.15) is 0 Å². The lowest BCUT2D eigenvalue weighted by atomic mass is 10.1. The molecule has 0 aliphatic carbocycles. The van der Waals surface area contributed by atoms with E-state index in [0.29, 0.717) is 0 Å². The van der Waals surface area contributed by atoms with Crippen molar-refractivity contribution in [3.8, 4) is 0 Å². The molecule has 0 N–H and O–H groups in total. The van der Waals surface area contributed by atoms with Gasteiger partial charge < -0.3 is 0 Å². The van der Waals surface area contributed by atoms with E-state index < -0.39 is 0 Å². The first-order valence-electron chi connectivity index (χ1n) is 5.14. The highest BCUT2D eigenvalue weighted by Crippen LogP contribution is 2.35. The minimum absolute atomic E-state index is 0.857. The lowest BCUT2D eigenvalue weighted by Gasteiger charge is -2.07. The van der Waals surface area contributed by atoms with Crippen molar-refractivity contribution in [2.75, 3.05) is 0 Å². The minimum Gasteiger partial charge on any atom is -0.259 e. The number of aryl methyl sites for hydroxylation is 1. The second-order valence-electron chi connectivity index (χ2n) is 3.27. The van der Waals surface area contributed by atoms with Gasteiger partial charge in [0.25, 0.3) is 0 Å². The third-order valence-corrected chi connectivity index (χ3v) is 2.17. The summed E-state index contributed by atoms with van der Waals surface area (Å²) in [5, 5.41) is 0. The van der Waals surface area contributed by atoms with Gasteiger partial charge in [0, 0.05) is 18.0 Å². The normalized spacial score (nSPS) is 11.1. The molecule has 0 fully saturated rings. The third-order valence-electron chi connectivity index (χ3n) is 2.17. The highest BCUT2D eigenvalue weighted by Gasteiger charge is 2.06. The fraction of sp³-hybridized carbons (Fsp3) is 0.143. The Hall–Kier alpha value is -1.96. The van der Waals surface area contributed by atoms with Crippen LogP contribution in [0.5, 0.6) is 0 Å². The number of rotatable bonds is 4. The molecule has 0 aliphatic rings. The van der Waals surface area contributed by atoms with Crippen LogP contribution in [0.2, 0.25) is 0 Å². The van der Waals surface area contributed by atoms with Crippen molar-refractivity contribution in [1.29, 1.82) is 0 Å². The maximum Gasteiger partial charge on any atom is 0.0956 e. The molecule has 0 amide bonds. The summed E-state index contributed by atoms with van der Waals surface area (Å²) in [6, 6.07) is 4.01. The lowest BCUT2D eigenvalue weighted by molar-refractivity contribution is 1.36. The molecule has 1 aromatic rings. The van der Waals surface area contributed by atoms with Crippen LogP contribution in [0.25, 0.3) is 6.08 Å². The van der Waals surface area contributed by atoms with E-state index in [9.17, 15) is 0 Å². The number of allylic oxidation sites excluding steroid dienone is 1. The standard InChI is InChI=1S/C14H16N2/c1-5-10-16-13-11(4)8-9-12(6-2)14(13)15-7-3/h5-10H,1-2H2,3-4H3/b15-7-,16-10-. The molecule has 0 heterocycles. The monoisotopic (exact) mass is 212 g/mol. The van der Waals surface area contributed by atoms with Crippen LogP contribution in [0.1, 0.15) is 18.1 Å². The van der Waals surface area contributed by atoms with Gasteiger partial charge in [-0.15, -0.1) is 0 Å². The van der Waals surface area contributed by atoms with Crippen LogP contribution in [0.15, 0.2) is 41.4 Å². The first-order chi connectivity index (χ1) is 7.74. The van der Waals surface area contributed by atoms with Crippen molar-refractivity contribution >= 4 is 29.9 Å². The van der Waals surface area contributed by atoms with E-state index in [2.05, 4.69) is 23.1 Å². The van der Waals surface area contributed by atoms with Crippen molar-refractivity contribution in [3.05, 3.63) is 42.5 Å². The Morgan fingerprint density at radius 1 is 1.12 bits per heavy atom. The summed E-state index contributed by atoms with van der Waals surface area (Å²) < 4.78 is 0. The molecule has 82 valence electrons. The summed E-state index contributed by atoms with van der Waals surface area (Å²) >= 11 is 0. The maximum absolute atomic E-state index is 4.35. The van der Waals surface area contributed by atoms with Crippen molar-refractivity contribution in [2.24, 2.45) is 9.98 Å². The van der Waals surface area contributed by atoms with E-state index in [4.69, 9.17) is 0 Å². The summed E-state index contributed by atoms with van der Waals surface area (Å²) in [6.45, 7) is 11.3. The predicted molar refractivity (Wildman–Crippen MR) is 73.4 cm³/mol. The van der Waals surface area contributed by atoms with Gasteiger partial charge in [-0.1, -0.05) is 37.4 Å². The van der Waals surface area contributed by atoms with Crippen LogP contribution in [0.3, 0.4) is 0 Å². The van der Waals surface area contributed by atoms with Crippen molar-refractivity contribution in [1.82, 2.24) is 0 Å². The smallest absolute Gasteiger partial charge is 0.0956 e. The number of nitrogens with zero attached hydrogens (tertiary/aromatic N) is 2. The first-order valence-corrected chi connectivity index (χ1v) is 5.14. The largest absolute Gasteiger partial charge is 0.259 e. The molecule has 1 rings (SSSR count). The van der Waals surface area contributed by atoms with E-state index in [-0.39, 0.29) is 0 Å². The molecular weight excluding hydrogens is 196 g/mol. The molecule has 2 heteroatoms. The summed E-state index contributed by atoms with van der Waals surface area (Å²) in [7, 11) is 0.